The highest BCUT2D eigenvalue weighted by atomic mass is 19.1. The minimum Gasteiger partial charge on any atom is -0.484 e. The average Bonchev–Trinajstić information content (AvgIpc) is 2.52. The number of aryl methyl sites for hydroxylation is 1. The topological polar surface area (TPSA) is 38.3 Å². The largest absolute Gasteiger partial charge is 0.484 e. The molecule has 0 aliphatic rings. The third-order valence-electron chi connectivity index (χ3n) is 2.92. The van der Waals surface area contributed by atoms with Crippen molar-refractivity contribution in [2.45, 2.75) is 6.92 Å². The fourth-order valence-electron chi connectivity index (χ4n) is 1.76. The first kappa shape index (κ1) is 15.6. The van der Waals surface area contributed by atoms with Crippen LogP contribution in [0.2, 0.25) is 0 Å². The van der Waals surface area contributed by atoms with Crippen LogP contribution >= 0.6 is 0 Å². The highest BCUT2D eigenvalue weighted by Gasteiger charge is 2.03. The molecule has 2 aromatic rings. The Bertz CT molecular complexity index is 716. The molecule has 0 aliphatic carbocycles. The van der Waals surface area contributed by atoms with Gasteiger partial charge in [-0.05, 0) is 30.7 Å². The predicted molar refractivity (Wildman–Crippen MR) is 83.0 cm³/mol. The number of carbonyl (C=O) groups excluding carboxylic acids is 1. The molecule has 0 atom stereocenters. The highest BCUT2D eigenvalue weighted by Crippen LogP contribution is 2.15. The number of amides is 1. The lowest BCUT2D eigenvalue weighted by Crippen LogP contribution is -2.29. The lowest BCUT2D eigenvalue weighted by Gasteiger charge is -2.07. The van der Waals surface area contributed by atoms with E-state index in [4.69, 9.17) is 4.74 Å². The highest BCUT2D eigenvalue weighted by molar-refractivity contribution is 5.77. The second kappa shape index (κ2) is 7.84. The summed E-state index contributed by atoms with van der Waals surface area (Å²) in [6, 6.07) is 13.7. The Morgan fingerprint density at radius 3 is 2.68 bits per heavy atom. The lowest BCUT2D eigenvalue weighted by atomic mass is 10.2. The van der Waals surface area contributed by atoms with Crippen molar-refractivity contribution in [2.24, 2.45) is 0 Å². The molecule has 0 radical (unpaired) electrons. The van der Waals surface area contributed by atoms with Crippen molar-refractivity contribution in [3.63, 3.8) is 0 Å². The molecule has 4 heteroatoms. The fraction of sp³-hybridized carbons (Fsp3) is 0.167. The van der Waals surface area contributed by atoms with Crippen LogP contribution in [0.3, 0.4) is 0 Å². The summed E-state index contributed by atoms with van der Waals surface area (Å²) in [5.41, 5.74) is 1.28. The van der Waals surface area contributed by atoms with Gasteiger partial charge in [0.05, 0.1) is 12.1 Å². The third kappa shape index (κ3) is 4.64. The number of para-hydroxylation sites is 1. The standard InChI is InChI=1S/C18H16FNO2/c1-14-7-2-5-11-17(14)22-13-18(21)20-12-6-9-15-8-3-4-10-16(15)19/h2-5,7-8,10-11H,12-13H2,1H3,(H,20,21). The number of halogens is 1. The molecule has 0 spiro atoms. The maximum absolute atomic E-state index is 13.3. The summed E-state index contributed by atoms with van der Waals surface area (Å²) in [7, 11) is 0. The maximum Gasteiger partial charge on any atom is 0.258 e. The molecule has 0 unspecified atom stereocenters. The SMILES string of the molecule is Cc1ccccc1OCC(=O)NCC#Cc1ccccc1F. The van der Waals surface area contributed by atoms with E-state index in [1.165, 1.54) is 6.07 Å². The third-order valence-corrected chi connectivity index (χ3v) is 2.92. The minimum absolute atomic E-state index is 0.0772. The van der Waals surface area contributed by atoms with Crippen LogP contribution in [-0.2, 0) is 4.79 Å². The molecule has 0 aliphatic heterocycles. The summed E-state index contributed by atoms with van der Waals surface area (Å²) >= 11 is 0. The van der Waals surface area contributed by atoms with E-state index >= 15 is 0 Å². The van der Waals surface area contributed by atoms with Gasteiger partial charge in [-0.2, -0.15) is 0 Å². The van der Waals surface area contributed by atoms with Gasteiger partial charge in [0.2, 0.25) is 0 Å². The fourth-order valence-corrected chi connectivity index (χ4v) is 1.76. The zero-order chi connectivity index (χ0) is 15.8. The number of hydrogen-bond donors (Lipinski definition) is 1. The van der Waals surface area contributed by atoms with E-state index in [0.29, 0.717) is 11.3 Å². The lowest BCUT2D eigenvalue weighted by molar-refractivity contribution is -0.122. The van der Waals surface area contributed by atoms with Gasteiger partial charge in [0.1, 0.15) is 11.6 Å². The second-order valence-electron chi connectivity index (χ2n) is 4.61. The van der Waals surface area contributed by atoms with Gasteiger partial charge in [-0.15, -0.1) is 0 Å². The summed E-state index contributed by atoms with van der Waals surface area (Å²) in [5, 5.41) is 2.60. The summed E-state index contributed by atoms with van der Waals surface area (Å²) in [5.74, 6) is 5.41. The van der Waals surface area contributed by atoms with Crippen molar-refractivity contribution < 1.29 is 13.9 Å². The zero-order valence-electron chi connectivity index (χ0n) is 12.2. The molecule has 2 rings (SSSR count). The monoisotopic (exact) mass is 297 g/mol. The average molecular weight is 297 g/mol. The van der Waals surface area contributed by atoms with Gasteiger partial charge in [-0.25, -0.2) is 4.39 Å². The Morgan fingerprint density at radius 1 is 1.18 bits per heavy atom. The van der Waals surface area contributed by atoms with Gasteiger partial charge in [-0.1, -0.05) is 42.2 Å². The first-order chi connectivity index (χ1) is 10.7. The quantitative estimate of drug-likeness (QED) is 0.881. The van der Waals surface area contributed by atoms with Crippen LogP contribution in [0.5, 0.6) is 5.75 Å². The van der Waals surface area contributed by atoms with E-state index in [1.54, 1.807) is 24.3 Å². The zero-order valence-corrected chi connectivity index (χ0v) is 12.2. The van der Waals surface area contributed by atoms with Gasteiger partial charge in [0.25, 0.3) is 5.91 Å². The van der Waals surface area contributed by atoms with Gasteiger partial charge in [0.15, 0.2) is 6.61 Å². The van der Waals surface area contributed by atoms with E-state index in [1.807, 2.05) is 25.1 Å². The molecule has 112 valence electrons. The van der Waals surface area contributed by atoms with Crippen LogP contribution in [0.25, 0.3) is 0 Å². The summed E-state index contributed by atoms with van der Waals surface area (Å²) in [4.78, 5) is 11.6. The predicted octanol–water partition coefficient (Wildman–Crippen LogP) is 2.68. The minimum atomic E-state index is -0.371. The molecular weight excluding hydrogens is 281 g/mol. The molecule has 3 nitrogen and oxygen atoms in total. The molecule has 2 aromatic carbocycles. The Morgan fingerprint density at radius 2 is 1.91 bits per heavy atom. The first-order valence-electron chi connectivity index (χ1n) is 6.85. The number of benzene rings is 2. The van der Waals surface area contributed by atoms with Crippen LogP contribution in [0.4, 0.5) is 4.39 Å². The van der Waals surface area contributed by atoms with Crippen molar-refractivity contribution in [2.75, 3.05) is 13.2 Å². The number of nitrogens with one attached hydrogen (secondary N) is 1. The molecule has 22 heavy (non-hydrogen) atoms. The molecule has 1 N–H and O–H groups in total. The number of hydrogen-bond acceptors (Lipinski definition) is 2. The summed E-state index contributed by atoms with van der Waals surface area (Å²) < 4.78 is 18.7. The van der Waals surface area contributed by atoms with Gasteiger partial charge in [0, 0.05) is 0 Å². The summed E-state index contributed by atoms with van der Waals surface area (Å²) in [6.45, 7) is 1.98. The molecule has 0 bridgehead atoms. The molecule has 0 fully saturated rings. The van der Waals surface area contributed by atoms with Crippen LogP contribution in [-0.4, -0.2) is 19.1 Å². The Labute approximate surface area is 129 Å². The van der Waals surface area contributed by atoms with Crippen LogP contribution in [0, 0.1) is 24.6 Å². The Balaban J connectivity index is 1.77. The van der Waals surface area contributed by atoms with Crippen LogP contribution < -0.4 is 10.1 Å². The van der Waals surface area contributed by atoms with Crippen LogP contribution in [0.1, 0.15) is 11.1 Å². The van der Waals surface area contributed by atoms with Crippen molar-refractivity contribution in [1.82, 2.24) is 5.32 Å². The molecule has 0 aromatic heterocycles. The van der Waals surface area contributed by atoms with Crippen molar-refractivity contribution >= 4 is 5.91 Å². The molecule has 0 saturated heterocycles. The van der Waals surface area contributed by atoms with E-state index in [-0.39, 0.29) is 24.9 Å². The van der Waals surface area contributed by atoms with E-state index in [0.717, 1.165) is 5.56 Å². The second-order valence-corrected chi connectivity index (χ2v) is 4.61. The Hall–Kier alpha value is -2.80. The smallest absolute Gasteiger partial charge is 0.258 e. The normalized spacial score (nSPS) is 9.55. The maximum atomic E-state index is 13.3. The summed E-state index contributed by atoms with van der Waals surface area (Å²) in [6.07, 6.45) is 0. The molecule has 1 amide bonds. The van der Waals surface area contributed by atoms with Crippen molar-refractivity contribution in [1.29, 1.82) is 0 Å². The van der Waals surface area contributed by atoms with E-state index in [9.17, 15) is 9.18 Å². The number of ether oxygens (including phenoxy) is 1. The van der Waals surface area contributed by atoms with Gasteiger partial charge >= 0.3 is 0 Å². The number of carbonyl (C=O) groups is 1. The molecule has 0 saturated carbocycles. The van der Waals surface area contributed by atoms with Crippen molar-refractivity contribution in [3.8, 4) is 17.6 Å². The Kier molecular flexibility index (Phi) is 5.56. The van der Waals surface area contributed by atoms with Gasteiger partial charge < -0.3 is 10.1 Å². The van der Waals surface area contributed by atoms with E-state index in [2.05, 4.69) is 17.2 Å². The van der Waals surface area contributed by atoms with Crippen molar-refractivity contribution in [3.05, 3.63) is 65.5 Å². The van der Waals surface area contributed by atoms with Gasteiger partial charge in [-0.3, -0.25) is 4.79 Å². The molecular formula is C18H16FNO2. The molecule has 0 heterocycles. The first-order valence-corrected chi connectivity index (χ1v) is 6.85. The number of rotatable bonds is 4. The van der Waals surface area contributed by atoms with E-state index < -0.39 is 0 Å². The van der Waals surface area contributed by atoms with Crippen LogP contribution in [0.15, 0.2) is 48.5 Å².